The van der Waals surface area contributed by atoms with Crippen LogP contribution in [0.3, 0.4) is 0 Å². The number of rotatable bonds is 7. The van der Waals surface area contributed by atoms with Crippen LogP contribution < -0.4 is 0 Å². The maximum Gasteiger partial charge on any atom is -0.00703 e. The van der Waals surface area contributed by atoms with Crippen LogP contribution in [-0.4, -0.2) is 0 Å². The van der Waals surface area contributed by atoms with E-state index in [4.69, 9.17) is 0 Å². The van der Waals surface area contributed by atoms with Crippen LogP contribution in [0.1, 0.15) is 50.7 Å². The van der Waals surface area contributed by atoms with Crippen molar-refractivity contribution < 1.29 is 0 Å². The Labute approximate surface area is 123 Å². The highest BCUT2D eigenvalue weighted by atomic mass is 14.1. The molecule has 0 nitrogen and oxygen atoms in total. The molecule has 0 aliphatic heterocycles. The minimum Gasteiger partial charge on any atom is -0.0654 e. The molecule has 1 radical (unpaired) electrons. The van der Waals surface area contributed by atoms with Crippen LogP contribution in [0.15, 0.2) is 42.5 Å². The Morgan fingerprint density at radius 1 is 0.800 bits per heavy atom. The molecule has 0 bridgehead atoms. The zero-order valence-corrected chi connectivity index (χ0v) is 12.8. The van der Waals surface area contributed by atoms with Gasteiger partial charge in [0, 0.05) is 0 Å². The summed E-state index contributed by atoms with van der Waals surface area (Å²) in [5.74, 6) is 0. The number of hydrogen-bond acceptors (Lipinski definition) is 0. The largest absolute Gasteiger partial charge is 0.0654 e. The van der Waals surface area contributed by atoms with Crippen molar-refractivity contribution >= 4 is 0 Å². The highest BCUT2D eigenvalue weighted by Gasteiger charge is 2.08. The van der Waals surface area contributed by atoms with Gasteiger partial charge in [-0.05, 0) is 54.0 Å². The summed E-state index contributed by atoms with van der Waals surface area (Å²) >= 11 is 0. The van der Waals surface area contributed by atoms with Crippen molar-refractivity contribution in [3.63, 3.8) is 0 Å². The van der Waals surface area contributed by atoms with E-state index in [1.54, 1.807) is 0 Å². The Balaban J connectivity index is 2.35. The molecule has 0 spiro atoms. The average molecular weight is 265 g/mol. The summed E-state index contributed by atoms with van der Waals surface area (Å²) in [6, 6.07) is 18.7. The van der Waals surface area contributed by atoms with Gasteiger partial charge in [-0.3, -0.25) is 0 Å². The number of benzene rings is 2. The Morgan fingerprint density at radius 2 is 1.45 bits per heavy atom. The van der Waals surface area contributed by atoms with Crippen LogP contribution in [-0.2, 0) is 12.8 Å². The van der Waals surface area contributed by atoms with Crippen molar-refractivity contribution in [1.29, 1.82) is 0 Å². The Morgan fingerprint density at radius 3 is 2.20 bits per heavy atom. The molecule has 0 heteroatoms. The van der Waals surface area contributed by atoms with Gasteiger partial charge in [-0.25, -0.2) is 0 Å². The Hall–Kier alpha value is -1.56. The molecule has 0 aliphatic rings. The van der Waals surface area contributed by atoms with Gasteiger partial charge in [-0.1, -0.05) is 69.2 Å². The van der Waals surface area contributed by atoms with Gasteiger partial charge in [-0.2, -0.15) is 0 Å². The smallest absolute Gasteiger partial charge is 0.00703 e. The second kappa shape index (κ2) is 7.89. The summed E-state index contributed by atoms with van der Waals surface area (Å²) in [6.07, 6.45) is 7.32. The second-order valence-corrected chi connectivity index (χ2v) is 5.43. The molecule has 20 heavy (non-hydrogen) atoms. The van der Waals surface area contributed by atoms with E-state index in [2.05, 4.69) is 56.3 Å². The molecule has 2 aromatic rings. The first kappa shape index (κ1) is 14.8. The zero-order valence-electron chi connectivity index (χ0n) is 12.8. The summed E-state index contributed by atoms with van der Waals surface area (Å²) in [5, 5.41) is 0. The van der Waals surface area contributed by atoms with Gasteiger partial charge in [0.2, 0.25) is 0 Å². The van der Waals surface area contributed by atoms with E-state index in [9.17, 15) is 0 Å². The highest BCUT2D eigenvalue weighted by Crippen LogP contribution is 2.28. The van der Waals surface area contributed by atoms with Crippen LogP contribution in [0.25, 0.3) is 11.1 Å². The van der Waals surface area contributed by atoms with Crippen molar-refractivity contribution in [2.75, 3.05) is 0 Å². The molecular formula is C20H25. The predicted molar refractivity (Wildman–Crippen MR) is 87.9 cm³/mol. The summed E-state index contributed by atoms with van der Waals surface area (Å²) in [6.45, 7) is 4.51. The molecule has 0 saturated carbocycles. The molecule has 2 rings (SSSR count). The lowest BCUT2D eigenvalue weighted by Gasteiger charge is -2.13. The zero-order chi connectivity index (χ0) is 14.2. The van der Waals surface area contributed by atoms with Crippen LogP contribution in [0.2, 0.25) is 0 Å². The van der Waals surface area contributed by atoms with Crippen molar-refractivity contribution in [1.82, 2.24) is 0 Å². The lowest BCUT2D eigenvalue weighted by atomic mass is 9.91. The van der Waals surface area contributed by atoms with Gasteiger partial charge in [0.05, 0.1) is 0 Å². The fraction of sp³-hybridized carbons (Fsp3) is 0.400. The van der Waals surface area contributed by atoms with Crippen LogP contribution in [0.5, 0.6) is 0 Å². The predicted octanol–water partition coefficient (Wildman–Crippen LogP) is 5.84. The maximum atomic E-state index is 3.48. The molecule has 0 amide bonds. The van der Waals surface area contributed by atoms with Gasteiger partial charge in [-0.15, -0.1) is 0 Å². The molecule has 0 heterocycles. The van der Waals surface area contributed by atoms with Gasteiger partial charge in [0.25, 0.3) is 0 Å². The molecule has 105 valence electrons. The topological polar surface area (TPSA) is 0 Å². The molecule has 0 atom stereocenters. The molecule has 0 aliphatic carbocycles. The fourth-order valence-electron chi connectivity index (χ4n) is 2.65. The first-order chi connectivity index (χ1) is 9.86. The first-order valence-electron chi connectivity index (χ1n) is 7.94. The lowest BCUT2D eigenvalue weighted by molar-refractivity contribution is 0.791. The normalized spacial score (nSPS) is 10.7. The van der Waals surface area contributed by atoms with E-state index >= 15 is 0 Å². The maximum absolute atomic E-state index is 3.48. The molecule has 2 aromatic carbocycles. The second-order valence-electron chi connectivity index (χ2n) is 5.43. The van der Waals surface area contributed by atoms with Crippen molar-refractivity contribution in [3.8, 4) is 11.1 Å². The van der Waals surface area contributed by atoms with Gasteiger partial charge in [0.1, 0.15) is 0 Å². The molecule has 0 saturated heterocycles. The minimum absolute atomic E-state index is 1.16. The van der Waals surface area contributed by atoms with E-state index in [0.717, 1.165) is 6.42 Å². The van der Waals surface area contributed by atoms with E-state index in [1.165, 1.54) is 54.4 Å². The first-order valence-corrected chi connectivity index (χ1v) is 7.94. The van der Waals surface area contributed by atoms with Crippen LogP contribution in [0, 0.1) is 6.07 Å². The van der Waals surface area contributed by atoms with Gasteiger partial charge < -0.3 is 0 Å². The van der Waals surface area contributed by atoms with Crippen LogP contribution >= 0.6 is 0 Å². The Kier molecular flexibility index (Phi) is 5.86. The van der Waals surface area contributed by atoms with Crippen molar-refractivity contribution in [2.24, 2.45) is 0 Å². The van der Waals surface area contributed by atoms with E-state index in [-0.39, 0.29) is 0 Å². The van der Waals surface area contributed by atoms with Crippen molar-refractivity contribution in [3.05, 3.63) is 59.7 Å². The van der Waals surface area contributed by atoms with E-state index in [1.807, 2.05) is 6.07 Å². The average Bonchev–Trinajstić information content (AvgIpc) is 2.51. The number of unbranched alkanes of at least 4 members (excludes halogenated alkanes) is 2. The minimum atomic E-state index is 1.16. The van der Waals surface area contributed by atoms with Gasteiger partial charge in [0.15, 0.2) is 0 Å². The van der Waals surface area contributed by atoms with E-state index in [0.29, 0.717) is 0 Å². The third-order valence-electron chi connectivity index (χ3n) is 3.83. The van der Waals surface area contributed by atoms with E-state index < -0.39 is 0 Å². The Bertz CT molecular complexity index is 476. The fourth-order valence-corrected chi connectivity index (χ4v) is 2.65. The lowest BCUT2D eigenvalue weighted by Crippen LogP contribution is -1.95. The molecule has 0 unspecified atom stereocenters. The molecular weight excluding hydrogens is 240 g/mol. The quantitative estimate of drug-likeness (QED) is 0.590. The third kappa shape index (κ3) is 3.72. The third-order valence-corrected chi connectivity index (χ3v) is 3.83. The highest BCUT2D eigenvalue weighted by molar-refractivity contribution is 5.70. The monoisotopic (exact) mass is 265 g/mol. The molecule has 0 aromatic heterocycles. The summed E-state index contributed by atoms with van der Waals surface area (Å²) in [7, 11) is 0. The standard InChI is InChI=1S/C20H25/c1-3-5-11-17-13-7-9-15-19(17)20-16-10-8-14-18(20)12-6-4-2/h7-10,13-15H,3-6,11-12H2,1-2H3. The molecule has 0 N–H and O–H groups in total. The SMILES string of the molecule is CCCCc1ccc[c]c1-c1ccccc1CCCC. The summed E-state index contributed by atoms with van der Waals surface area (Å²) < 4.78 is 0. The van der Waals surface area contributed by atoms with Gasteiger partial charge >= 0.3 is 0 Å². The van der Waals surface area contributed by atoms with Crippen LogP contribution in [0.4, 0.5) is 0 Å². The van der Waals surface area contributed by atoms with Crippen molar-refractivity contribution in [2.45, 2.75) is 52.4 Å². The summed E-state index contributed by atoms with van der Waals surface area (Å²) in [4.78, 5) is 0. The summed E-state index contributed by atoms with van der Waals surface area (Å²) in [5.41, 5.74) is 5.60. The number of aryl methyl sites for hydroxylation is 2. The molecule has 0 fully saturated rings. The number of hydrogen-bond donors (Lipinski definition) is 0.